The Hall–Kier alpha value is -1.89. The number of nitrogens with zero attached hydrogens (tertiary/aromatic N) is 3. The summed E-state index contributed by atoms with van der Waals surface area (Å²) in [6, 6.07) is 0.0509. The first-order valence-corrected chi connectivity index (χ1v) is 8.98. The molecule has 24 heavy (non-hydrogen) atoms. The van der Waals surface area contributed by atoms with Gasteiger partial charge in [-0.2, -0.15) is 5.10 Å². The Morgan fingerprint density at radius 1 is 1.29 bits per heavy atom. The van der Waals surface area contributed by atoms with E-state index in [4.69, 9.17) is 0 Å². The molecule has 0 radical (unpaired) electrons. The van der Waals surface area contributed by atoms with Crippen LogP contribution in [-0.4, -0.2) is 70.6 Å². The van der Waals surface area contributed by atoms with E-state index in [0.717, 1.165) is 31.7 Å². The summed E-state index contributed by atoms with van der Waals surface area (Å²) < 4.78 is 0. The molecule has 2 saturated heterocycles. The molecule has 0 saturated carbocycles. The number of carbonyl (C=O) groups excluding carboxylic acids is 2. The smallest absolute Gasteiger partial charge is 0.254 e. The Kier molecular flexibility index (Phi) is 5.50. The van der Waals surface area contributed by atoms with Gasteiger partial charge >= 0.3 is 0 Å². The first-order chi connectivity index (χ1) is 11.7. The van der Waals surface area contributed by atoms with E-state index in [1.54, 1.807) is 0 Å². The molecule has 1 atom stereocenters. The Morgan fingerprint density at radius 3 is 2.71 bits per heavy atom. The summed E-state index contributed by atoms with van der Waals surface area (Å²) in [6.07, 6.45) is 7.39. The maximum Gasteiger partial charge on any atom is 0.254 e. The van der Waals surface area contributed by atoms with Crippen LogP contribution in [0.3, 0.4) is 0 Å². The molecule has 7 nitrogen and oxygen atoms in total. The average molecular weight is 333 g/mol. The zero-order valence-corrected chi connectivity index (χ0v) is 14.4. The summed E-state index contributed by atoms with van der Waals surface area (Å²) in [5.74, 6) is 0.0857. The van der Waals surface area contributed by atoms with Gasteiger partial charge < -0.3 is 10.2 Å². The maximum absolute atomic E-state index is 12.6. The molecule has 2 fully saturated rings. The standard InChI is InChI=1S/C17H27N5O2/c1-13-14(12-19-20-13)16(23)18-7-11-22-10-6-15(17(22)24)21-8-4-2-3-5-9-21/h12,15H,2-11H2,1H3,(H,18,23)(H,19,20). The van der Waals surface area contributed by atoms with Crippen molar-refractivity contribution >= 4 is 11.8 Å². The lowest BCUT2D eigenvalue weighted by Crippen LogP contribution is -2.44. The molecule has 2 amide bonds. The van der Waals surface area contributed by atoms with Crippen molar-refractivity contribution in [3.63, 3.8) is 0 Å². The van der Waals surface area contributed by atoms with Crippen molar-refractivity contribution < 1.29 is 9.59 Å². The summed E-state index contributed by atoms with van der Waals surface area (Å²) in [7, 11) is 0. The first kappa shape index (κ1) is 17.0. The molecule has 1 unspecified atom stereocenters. The third-order valence-corrected chi connectivity index (χ3v) is 5.09. The Labute approximate surface area is 142 Å². The zero-order valence-electron chi connectivity index (χ0n) is 14.4. The van der Waals surface area contributed by atoms with E-state index in [1.807, 2.05) is 11.8 Å². The van der Waals surface area contributed by atoms with Crippen LogP contribution in [0.25, 0.3) is 0 Å². The molecule has 1 aromatic heterocycles. The molecule has 7 heteroatoms. The van der Waals surface area contributed by atoms with Gasteiger partial charge in [-0.1, -0.05) is 12.8 Å². The lowest BCUT2D eigenvalue weighted by atomic mass is 10.2. The van der Waals surface area contributed by atoms with Crippen LogP contribution >= 0.6 is 0 Å². The molecule has 1 aromatic rings. The highest BCUT2D eigenvalue weighted by atomic mass is 16.2. The van der Waals surface area contributed by atoms with Crippen LogP contribution in [0.1, 0.15) is 48.2 Å². The van der Waals surface area contributed by atoms with Crippen molar-refractivity contribution in [2.75, 3.05) is 32.7 Å². The first-order valence-electron chi connectivity index (χ1n) is 8.98. The van der Waals surface area contributed by atoms with Crippen LogP contribution in [0.4, 0.5) is 0 Å². The molecule has 2 aliphatic rings. The summed E-state index contributed by atoms with van der Waals surface area (Å²) >= 11 is 0. The number of carbonyl (C=O) groups is 2. The SMILES string of the molecule is Cc1[nH]ncc1C(=O)NCCN1CCC(N2CCCCCC2)C1=O. The quantitative estimate of drug-likeness (QED) is 0.840. The van der Waals surface area contributed by atoms with Crippen molar-refractivity contribution in [2.24, 2.45) is 0 Å². The summed E-state index contributed by atoms with van der Waals surface area (Å²) in [4.78, 5) is 28.9. The fourth-order valence-corrected chi connectivity index (χ4v) is 3.67. The molecule has 2 N–H and O–H groups in total. The van der Waals surface area contributed by atoms with Crippen LogP contribution in [0.5, 0.6) is 0 Å². The molecular weight excluding hydrogens is 306 g/mol. The van der Waals surface area contributed by atoms with Gasteiger partial charge in [0.15, 0.2) is 0 Å². The van der Waals surface area contributed by atoms with E-state index in [-0.39, 0.29) is 17.9 Å². The van der Waals surface area contributed by atoms with E-state index in [9.17, 15) is 9.59 Å². The zero-order chi connectivity index (χ0) is 16.9. The van der Waals surface area contributed by atoms with E-state index in [0.29, 0.717) is 18.7 Å². The average Bonchev–Trinajstić information content (AvgIpc) is 3.04. The number of aromatic amines is 1. The molecule has 0 aromatic carbocycles. The van der Waals surface area contributed by atoms with E-state index >= 15 is 0 Å². The minimum atomic E-state index is -0.142. The van der Waals surface area contributed by atoms with Crippen molar-refractivity contribution in [1.82, 2.24) is 25.3 Å². The fourth-order valence-electron chi connectivity index (χ4n) is 3.67. The minimum absolute atomic E-state index is 0.0509. The largest absolute Gasteiger partial charge is 0.350 e. The van der Waals surface area contributed by atoms with E-state index < -0.39 is 0 Å². The van der Waals surface area contributed by atoms with Crippen LogP contribution < -0.4 is 5.32 Å². The highest BCUT2D eigenvalue weighted by molar-refractivity contribution is 5.95. The predicted octanol–water partition coefficient (Wildman–Crippen LogP) is 0.925. The molecular formula is C17H27N5O2. The van der Waals surface area contributed by atoms with Gasteiger partial charge in [-0.15, -0.1) is 0 Å². The number of hydrogen-bond acceptors (Lipinski definition) is 4. The number of H-pyrrole nitrogens is 1. The normalized spacial score (nSPS) is 22.6. The fraction of sp³-hybridized carbons (Fsp3) is 0.706. The Bertz CT molecular complexity index is 577. The molecule has 3 heterocycles. The van der Waals surface area contributed by atoms with Gasteiger partial charge in [0.1, 0.15) is 0 Å². The molecule has 132 valence electrons. The lowest BCUT2D eigenvalue weighted by molar-refractivity contribution is -0.132. The van der Waals surface area contributed by atoms with Gasteiger partial charge in [-0.25, -0.2) is 0 Å². The predicted molar refractivity (Wildman–Crippen MR) is 90.7 cm³/mol. The van der Waals surface area contributed by atoms with Crippen LogP contribution in [0, 0.1) is 6.92 Å². The second-order valence-corrected chi connectivity index (χ2v) is 6.74. The summed E-state index contributed by atoms with van der Waals surface area (Å²) in [5, 5.41) is 9.48. The number of amides is 2. The van der Waals surface area contributed by atoms with Crippen LogP contribution in [0.2, 0.25) is 0 Å². The van der Waals surface area contributed by atoms with E-state index in [2.05, 4.69) is 20.4 Å². The monoisotopic (exact) mass is 333 g/mol. The molecule has 0 aliphatic carbocycles. The highest BCUT2D eigenvalue weighted by Gasteiger charge is 2.35. The van der Waals surface area contributed by atoms with Gasteiger partial charge in [0, 0.05) is 25.3 Å². The molecule has 3 rings (SSSR count). The molecule has 2 aliphatic heterocycles. The van der Waals surface area contributed by atoms with Gasteiger partial charge in [-0.3, -0.25) is 19.6 Å². The van der Waals surface area contributed by atoms with Gasteiger partial charge in [0.05, 0.1) is 17.8 Å². The Balaban J connectivity index is 1.45. The highest BCUT2D eigenvalue weighted by Crippen LogP contribution is 2.20. The Morgan fingerprint density at radius 2 is 2.04 bits per heavy atom. The van der Waals surface area contributed by atoms with Crippen molar-refractivity contribution in [2.45, 2.75) is 45.1 Å². The summed E-state index contributed by atoms with van der Waals surface area (Å²) in [5.41, 5.74) is 1.32. The second kappa shape index (κ2) is 7.79. The van der Waals surface area contributed by atoms with Gasteiger partial charge in [-0.05, 0) is 39.3 Å². The second-order valence-electron chi connectivity index (χ2n) is 6.74. The lowest BCUT2D eigenvalue weighted by Gasteiger charge is -2.26. The third-order valence-electron chi connectivity index (χ3n) is 5.09. The molecule has 0 spiro atoms. The third kappa shape index (κ3) is 3.77. The number of aromatic nitrogens is 2. The number of aryl methyl sites for hydroxylation is 1. The van der Waals surface area contributed by atoms with Gasteiger partial charge in [0.25, 0.3) is 5.91 Å². The maximum atomic E-state index is 12.6. The van der Waals surface area contributed by atoms with Crippen molar-refractivity contribution in [3.05, 3.63) is 17.5 Å². The van der Waals surface area contributed by atoms with Gasteiger partial charge in [0.2, 0.25) is 5.91 Å². The molecule has 0 bridgehead atoms. The number of nitrogens with one attached hydrogen (secondary N) is 2. The van der Waals surface area contributed by atoms with Crippen molar-refractivity contribution in [1.29, 1.82) is 0 Å². The van der Waals surface area contributed by atoms with Crippen molar-refractivity contribution in [3.8, 4) is 0 Å². The van der Waals surface area contributed by atoms with Crippen LogP contribution in [0.15, 0.2) is 6.20 Å². The number of hydrogen-bond donors (Lipinski definition) is 2. The van der Waals surface area contributed by atoms with E-state index in [1.165, 1.54) is 31.9 Å². The topological polar surface area (TPSA) is 81.3 Å². The summed E-state index contributed by atoms with van der Waals surface area (Å²) in [6.45, 7) is 5.74. The number of likely N-dealkylation sites (tertiary alicyclic amines) is 2. The number of rotatable bonds is 5. The minimum Gasteiger partial charge on any atom is -0.350 e. The van der Waals surface area contributed by atoms with Crippen LogP contribution in [-0.2, 0) is 4.79 Å².